The highest BCUT2D eigenvalue weighted by molar-refractivity contribution is 7.27. The third kappa shape index (κ3) is 1.43. The molecular weight excluding hydrogens is 172 g/mol. The minimum absolute atomic E-state index is 0.0758. The highest BCUT2D eigenvalue weighted by Gasteiger charge is 2.05. The number of aliphatic hydroxyl groups is 2. The molecule has 5 heteroatoms. The predicted octanol–water partition coefficient (Wildman–Crippen LogP) is 0.154. The van der Waals surface area contributed by atoms with Gasteiger partial charge in [-0.05, 0) is 0 Å². The summed E-state index contributed by atoms with van der Waals surface area (Å²) in [6.07, 6.45) is 0. The maximum Gasteiger partial charge on any atom is 0.288 e. The van der Waals surface area contributed by atoms with E-state index in [2.05, 4.69) is 0 Å². The van der Waals surface area contributed by atoms with E-state index in [0.29, 0.717) is 9.75 Å². The molecule has 0 spiro atoms. The van der Waals surface area contributed by atoms with E-state index in [1.807, 2.05) is 0 Å². The molecule has 10 heavy (non-hydrogen) atoms. The fourth-order valence-electron chi connectivity index (χ4n) is 0.577. The summed E-state index contributed by atoms with van der Waals surface area (Å²) in [7, 11) is 0. The first kappa shape index (κ1) is 7.87. The van der Waals surface area contributed by atoms with Crippen LogP contribution in [-0.2, 0) is 13.2 Å². The van der Waals surface area contributed by atoms with Crippen molar-refractivity contribution in [2.45, 2.75) is 13.2 Å². The van der Waals surface area contributed by atoms with E-state index in [1.165, 1.54) is 0 Å². The second-order valence-electron chi connectivity index (χ2n) is 1.62. The van der Waals surface area contributed by atoms with Crippen molar-refractivity contribution in [3.05, 3.63) is 18.6 Å². The Kier molecular flexibility index (Phi) is 2.56. The number of hydrogen-bond acceptors (Lipinski definition) is 5. The molecule has 0 aliphatic rings. The molecule has 0 amide bonds. The highest BCUT2D eigenvalue weighted by atomic mass is 32.2. The molecular formula is C5H6O3S2. The van der Waals surface area contributed by atoms with E-state index in [9.17, 15) is 4.79 Å². The van der Waals surface area contributed by atoms with Gasteiger partial charge in [0.15, 0.2) is 0 Å². The number of rotatable bonds is 2. The van der Waals surface area contributed by atoms with Gasteiger partial charge in [0.2, 0.25) is 0 Å². The summed E-state index contributed by atoms with van der Waals surface area (Å²) < 4.78 is -0.0758. The maximum atomic E-state index is 10.6. The van der Waals surface area contributed by atoms with E-state index in [-0.39, 0.29) is 17.3 Å². The van der Waals surface area contributed by atoms with E-state index in [1.54, 1.807) is 0 Å². The predicted molar refractivity (Wildman–Crippen MR) is 40.3 cm³/mol. The van der Waals surface area contributed by atoms with Crippen LogP contribution in [0.5, 0.6) is 0 Å². The van der Waals surface area contributed by atoms with Crippen molar-refractivity contribution >= 4 is 22.7 Å². The first-order valence-electron chi connectivity index (χ1n) is 2.61. The van der Waals surface area contributed by atoms with Gasteiger partial charge in [-0.3, -0.25) is 4.79 Å². The summed E-state index contributed by atoms with van der Waals surface area (Å²) in [5.41, 5.74) is 0. The van der Waals surface area contributed by atoms with Crippen molar-refractivity contribution in [2.75, 3.05) is 0 Å². The molecule has 0 saturated carbocycles. The first-order valence-corrected chi connectivity index (χ1v) is 4.24. The fraction of sp³-hybridized carbons (Fsp3) is 0.400. The molecule has 0 atom stereocenters. The molecule has 0 saturated heterocycles. The van der Waals surface area contributed by atoms with Crippen LogP contribution < -0.4 is 4.06 Å². The lowest BCUT2D eigenvalue weighted by Crippen LogP contribution is -1.83. The molecule has 1 aromatic rings. The molecule has 0 aliphatic carbocycles. The molecule has 2 N–H and O–H groups in total. The normalized spacial score (nSPS) is 10.2. The third-order valence-electron chi connectivity index (χ3n) is 1.01. The number of aliphatic hydroxyl groups excluding tert-OH is 2. The standard InChI is InChI=1S/C5H6O3S2/c6-1-3-4(2-7)10-5(8)9-3/h6-7H,1-2H2. The van der Waals surface area contributed by atoms with Crippen LogP contribution in [0.2, 0.25) is 0 Å². The van der Waals surface area contributed by atoms with Gasteiger partial charge < -0.3 is 10.2 Å². The number of hydrogen-bond donors (Lipinski definition) is 2. The third-order valence-corrected chi connectivity index (χ3v) is 3.22. The lowest BCUT2D eigenvalue weighted by molar-refractivity contribution is 0.266. The molecule has 1 heterocycles. The second kappa shape index (κ2) is 3.25. The van der Waals surface area contributed by atoms with Gasteiger partial charge in [0.05, 0.1) is 23.0 Å². The average molecular weight is 178 g/mol. The van der Waals surface area contributed by atoms with Crippen molar-refractivity contribution in [3.8, 4) is 0 Å². The Balaban J connectivity index is 3.08. The minimum atomic E-state index is -0.153. The Morgan fingerprint density at radius 1 is 1.10 bits per heavy atom. The summed E-state index contributed by atoms with van der Waals surface area (Å²) >= 11 is 1.98. The quantitative estimate of drug-likeness (QED) is 0.678. The van der Waals surface area contributed by atoms with Crippen molar-refractivity contribution in [1.82, 2.24) is 0 Å². The zero-order chi connectivity index (χ0) is 7.56. The van der Waals surface area contributed by atoms with Gasteiger partial charge in [0.25, 0.3) is 4.06 Å². The van der Waals surface area contributed by atoms with E-state index >= 15 is 0 Å². The summed E-state index contributed by atoms with van der Waals surface area (Å²) in [5.74, 6) is 0. The van der Waals surface area contributed by atoms with E-state index < -0.39 is 0 Å². The van der Waals surface area contributed by atoms with E-state index in [4.69, 9.17) is 10.2 Å². The molecule has 56 valence electrons. The maximum absolute atomic E-state index is 10.6. The summed E-state index contributed by atoms with van der Waals surface area (Å²) in [6.45, 7) is -0.307. The Bertz CT molecular complexity index is 238. The molecule has 0 bridgehead atoms. The van der Waals surface area contributed by atoms with Gasteiger partial charge >= 0.3 is 0 Å². The molecule has 3 nitrogen and oxygen atoms in total. The van der Waals surface area contributed by atoms with Crippen molar-refractivity contribution in [2.24, 2.45) is 0 Å². The SMILES string of the molecule is O=c1sc(CO)c(CO)s1. The monoisotopic (exact) mass is 178 g/mol. The van der Waals surface area contributed by atoms with Gasteiger partial charge in [-0.25, -0.2) is 0 Å². The van der Waals surface area contributed by atoms with Crippen LogP contribution in [0.3, 0.4) is 0 Å². The second-order valence-corrected chi connectivity index (χ2v) is 4.01. The Labute approximate surface area is 65.2 Å². The molecule has 0 unspecified atom stereocenters. The Morgan fingerprint density at radius 2 is 1.50 bits per heavy atom. The fourth-order valence-corrected chi connectivity index (χ4v) is 2.49. The smallest absolute Gasteiger partial charge is 0.288 e. The lowest BCUT2D eigenvalue weighted by atomic mass is 10.4. The van der Waals surface area contributed by atoms with Crippen LogP contribution in [0.15, 0.2) is 4.79 Å². The summed E-state index contributed by atoms with van der Waals surface area (Å²) in [4.78, 5) is 11.8. The molecule has 1 rings (SSSR count). The zero-order valence-corrected chi connectivity index (χ0v) is 6.67. The van der Waals surface area contributed by atoms with Gasteiger partial charge in [-0.1, -0.05) is 22.7 Å². The zero-order valence-electron chi connectivity index (χ0n) is 5.03. The van der Waals surface area contributed by atoms with Gasteiger partial charge in [0.1, 0.15) is 0 Å². The van der Waals surface area contributed by atoms with Crippen LogP contribution in [0.1, 0.15) is 9.75 Å². The summed E-state index contributed by atoms with van der Waals surface area (Å²) in [6, 6.07) is 0. The van der Waals surface area contributed by atoms with Crippen LogP contribution in [0.4, 0.5) is 0 Å². The topological polar surface area (TPSA) is 57.5 Å². The van der Waals surface area contributed by atoms with Crippen molar-refractivity contribution < 1.29 is 10.2 Å². The molecule has 0 radical (unpaired) electrons. The first-order chi connectivity index (χ1) is 4.77. The van der Waals surface area contributed by atoms with Crippen LogP contribution in [0.25, 0.3) is 0 Å². The Hall–Kier alpha value is -0.230. The molecule has 0 aliphatic heterocycles. The van der Waals surface area contributed by atoms with E-state index in [0.717, 1.165) is 22.7 Å². The van der Waals surface area contributed by atoms with Gasteiger partial charge in [0, 0.05) is 0 Å². The van der Waals surface area contributed by atoms with Crippen LogP contribution in [0, 0.1) is 0 Å². The van der Waals surface area contributed by atoms with Crippen LogP contribution >= 0.6 is 22.7 Å². The Morgan fingerprint density at radius 3 is 1.80 bits per heavy atom. The summed E-state index contributed by atoms with van der Waals surface area (Å²) in [5, 5.41) is 17.3. The minimum Gasteiger partial charge on any atom is -0.391 e. The lowest BCUT2D eigenvalue weighted by Gasteiger charge is -1.90. The molecule has 0 aromatic carbocycles. The molecule has 0 fully saturated rings. The average Bonchev–Trinajstić information content (AvgIpc) is 2.30. The van der Waals surface area contributed by atoms with Gasteiger partial charge in [-0.15, -0.1) is 0 Å². The van der Waals surface area contributed by atoms with Crippen molar-refractivity contribution in [3.63, 3.8) is 0 Å². The van der Waals surface area contributed by atoms with Gasteiger partial charge in [-0.2, -0.15) is 0 Å². The largest absolute Gasteiger partial charge is 0.391 e. The van der Waals surface area contributed by atoms with Crippen LogP contribution in [-0.4, -0.2) is 10.2 Å². The van der Waals surface area contributed by atoms with Crippen molar-refractivity contribution in [1.29, 1.82) is 0 Å². The molecule has 1 aromatic heterocycles. The highest BCUT2D eigenvalue weighted by Crippen LogP contribution is 2.16.